The first-order chi connectivity index (χ1) is 45.9. The van der Waals surface area contributed by atoms with Crippen molar-refractivity contribution in [3.05, 3.63) is 12.2 Å². The lowest BCUT2D eigenvalue weighted by atomic mass is 9.88. The van der Waals surface area contributed by atoms with E-state index in [1.54, 1.807) is 0 Å². The van der Waals surface area contributed by atoms with Gasteiger partial charge in [-0.25, -0.2) is 4.57 Å². The molecule has 0 aromatic heterocycles. The molecule has 20 nitrogen and oxygen atoms in total. The fourth-order valence-corrected chi connectivity index (χ4v) is 13.1. The summed E-state index contributed by atoms with van der Waals surface area (Å²) in [5, 5.41) is 29.0. The van der Waals surface area contributed by atoms with Gasteiger partial charge >= 0.3 is 13.8 Å². The summed E-state index contributed by atoms with van der Waals surface area (Å²) in [6, 6.07) is -2.67. The predicted octanol–water partition coefficient (Wildman–Crippen LogP) is 15.2. The number of nitrogens with one attached hydrogen (secondary N) is 2. The van der Waals surface area contributed by atoms with E-state index in [1.807, 2.05) is 6.92 Å². The Hall–Kier alpha value is -2.72. The van der Waals surface area contributed by atoms with Gasteiger partial charge in [-0.1, -0.05) is 233 Å². The van der Waals surface area contributed by atoms with Gasteiger partial charge in [-0.3, -0.25) is 28.5 Å². The Labute approximate surface area is 574 Å². The fraction of sp³-hybridized carbons (Fsp3) is 0.905. The summed E-state index contributed by atoms with van der Waals surface area (Å²) in [5.41, 5.74) is 0. The van der Waals surface area contributed by atoms with E-state index in [-0.39, 0.29) is 63.0 Å². The molecule has 0 aliphatic carbocycles. The van der Waals surface area contributed by atoms with Crippen LogP contribution in [0.25, 0.3) is 0 Å². The predicted molar refractivity (Wildman–Crippen MR) is 373 cm³/mol. The second kappa shape index (κ2) is 57.0. The summed E-state index contributed by atoms with van der Waals surface area (Å²) >= 11 is 0. The molecule has 0 aromatic rings. The molecule has 556 valence electrons. The van der Waals surface area contributed by atoms with Gasteiger partial charge in [0.15, 0.2) is 12.6 Å². The van der Waals surface area contributed by atoms with Crippen molar-refractivity contribution in [3.8, 4) is 0 Å². The molecule has 0 bridgehead atoms. The van der Waals surface area contributed by atoms with Gasteiger partial charge in [-0.2, -0.15) is 0 Å². The first kappa shape index (κ1) is 88.4. The quantitative estimate of drug-likeness (QED) is 0.0108. The second-order valence-electron chi connectivity index (χ2n) is 27.2. The van der Waals surface area contributed by atoms with Gasteiger partial charge in [-0.15, -0.1) is 0 Å². The zero-order valence-electron chi connectivity index (χ0n) is 60.5. The van der Waals surface area contributed by atoms with Crippen LogP contribution in [0.5, 0.6) is 0 Å². The zero-order valence-corrected chi connectivity index (χ0v) is 61.4. The number of ketones is 2. The van der Waals surface area contributed by atoms with Crippen molar-refractivity contribution in [1.29, 1.82) is 0 Å². The van der Waals surface area contributed by atoms with Crippen molar-refractivity contribution in [2.45, 2.75) is 391 Å². The Bertz CT molecular complexity index is 2030. The summed E-state index contributed by atoms with van der Waals surface area (Å²) in [4.78, 5) is 88.7. The minimum Gasteiger partial charge on any atom is -0.462 e. The third kappa shape index (κ3) is 43.5. The number of phosphoric acid groups is 1. The molecule has 0 spiro atoms. The maximum atomic E-state index is 14.2. The second-order valence-corrected chi connectivity index (χ2v) is 28.4. The first-order valence-corrected chi connectivity index (χ1v) is 39.7. The lowest BCUT2D eigenvalue weighted by Crippen LogP contribution is -2.66. The Morgan fingerprint density at radius 1 is 0.495 bits per heavy atom. The third-order valence-electron chi connectivity index (χ3n) is 18.4. The van der Waals surface area contributed by atoms with E-state index in [0.717, 1.165) is 135 Å². The highest BCUT2D eigenvalue weighted by molar-refractivity contribution is 7.46. The molecule has 2 heterocycles. The van der Waals surface area contributed by atoms with Crippen molar-refractivity contribution in [1.82, 2.24) is 10.6 Å². The number of amides is 2. The van der Waals surface area contributed by atoms with Crippen LogP contribution >= 0.6 is 7.82 Å². The molecule has 21 heteroatoms. The number of esters is 1. The molecular weight excluding hydrogens is 1240 g/mol. The van der Waals surface area contributed by atoms with E-state index < -0.39 is 112 Å². The van der Waals surface area contributed by atoms with E-state index in [0.29, 0.717) is 38.5 Å². The largest absolute Gasteiger partial charge is 0.472 e. The van der Waals surface area contributed by atoms with Gasteiger partial charge in [0.05, 0.1) is 51.0 Å². The maximum Gasteiger partial charge on any atom is 0.472 e. The Kier molecular flexibility index (Phi) is 53.0. The lowest BCUT2D eigenvalue weighted by Gasteiger charge is -2.47. The summed E-state index contributed by atoms with van der Waals surface area (Å²) in [5.74, 6) is -2.68. The van der Waals surface area contributed by atoms with E-state index in [1.165, 1.54) is 77.7 Å². The minimum atomic E-state index is -5.41. The number of unbranched alkanes of at least 4 members (excludes halogenated alkanes) is 29. The number of allylic oxidation sites excluding steroid dienone is 2. The number of Topliss-reactive ketones (excluding diaryl/α,β-unsaturated/α-hetero) is 2. The molecular formula is C74H137N2O18P. The van der Waals surface area contributed by atoms with Crippen molar-refractivity contribution in [3.63, 3.8) is 0 Å². The van der Waals surface area contributed by atoms with Gasteiger partial charge in [-0.05, 0) is 64.2 Å². The summed E-state index contributed by atoms with van der Waals surface area (Å²) in [6.07, 6.45) is 31.3. The molecule has 2 aliphatic rings. The highest BCUT2D eigenvalue weighted by Gasteiger charge is 2.51. The normalized spacial score (nSPS) is 22.2. The number of hydrogen-bond donors (Lipinski definition) is 6. The van der Waals surface area contributed by atoms with Crippen LogP contribution in [0.15, 0.2) is 12.2 Å². The van der Waals surface area contributed by atoms with E-state index in [9.17, 15) is 48.5 Å². The number of hydrogen-bond acceptors (Lipinski definition) is 16. The zero-order chi connectivity index (χ0) is 69.7. The van der Waals surface area contributed by atoms with Gasteiger partial charge in [0.1, 0.15) is 48.1 Å². The smallest absolute Gasteiger partial charge is 0.462 e. The molecule has 2 rings (SSSR count). The standard InChI is InChI=1S/C74H137N2O18P/c1-8-13-18-23-26-29-32-37-41-46-60(78)54-65(80)75-68-71(88-53-51-62(48-43-36-22-17-12-5)91-67(82)49-44-39-34-31-28-25-20-15-10-3)58(6)63(56-87-7)92-73(68)90-57-64-70(83)72(89-52-50-59(77)45-40-35-21-16-11-4)69(74(93-64)94-95(84,85)86)76-66(81)55-61(79)47-42-38-33-30-27-24-19-14-9-2/h31,34,58-59,62-64,68-74,77,83H,8-30,32-33,35-57H2,1-7H3,(H,75,80)(H,76,81)(H2,84,85,86)/b34-31-. The van der Waals surface area contributed by atoms with Crippen LogP contribution in [-0.4, -0.2) is 150 Å². The lowest BCUT2D eigenvalue weighted by molar-refractivity contribution is -0.295. The molecule has 2 aliphatic heterocycles. The molecule has 6 N–H and O–H groups in total. The van der Waals surface area contributed by atoms with E-state index in [2.05, 4.69) is 57.4 Å². The van der Waals surface area contributed by atoms with Crippen LogP contribution in [0.1, 0.15) is 324 Å². The van der Waals surface area contributed by atoms with E-state index in [4.69, 9.17) is 37.7 Å². The Morgan fingerprint density at radius 2 is 0.926 bits per heavy atom. The number of aliphatic hydroxyl groups is 2. The summed E-state index contributed by atoms with van der Waals surface area (Å²) in [7, 11) is -3.90. The average Bonchev–Trinajstić information content (AvgIpc) is 0.806. The van der Waals surface area contributed by atoms with E-state index >= 15 is 0 Å². The number of carbonyl (C=O) groups excluding carboxylic acids is 5. The van der Waals surface area contributed by atoms with Crippen LogP contribution in [0.3, 0.4) is 0 Å². The molecule has 2 fully saturated rings. The van der Waals surface area contributed by atoms with Crippen LogP contribution in [-0.2, 0) is 66.2 Å². The minimum absolute atomic E-state index is 0.0646. The monoisotopic (exact) mass is 1370 g/mol. The Morgan fingerprint density at radius 3 is 1.43 bits per heavy atom. The SMILES string of the molecule is CCCCCC/C=C\CCCC(=O)OC(CCCCCCC)CCOC1C(C)C(COC)OC(OCC2OC(OP(=O)(O)O)C(NC(=O)CC(=O)CCCCCCCCCCC)C(OCCC(O)CCCCCCC)C2O)C1NC(=O)CC(=O)CCCCCCCCCCC. The molecule has 0 radical (unpaired) electrons. The number of ether oxygens (including phenoxy) is 7. The summed E-state index contributed by atoms with van der Waals surface area (Å²) < 4.78 is 62.2. The molecule has 0 saturated carbocycles. The van der Waals surface area contributed by atoms with Crippen molar-refractivity contribution in [2.24, 2.45) is 5.92 Å². The molecule has 0 aromatic carbocycles. The topological polar surface area (TPSA) is 281 Å². The highest BCUT2D eigenvalue weighted by atomic mass is 31.2. The Balaban J connectivity index is 2.51. The number of aliphatic hydroxyl groups excluding tert-OH is 2. The van der Waals surface area contributed by atoms with Gasteiger partial charge in [0.2, 0.25) is 11.8 Å². The van der Waals surface area contributed by atoms with Gasteiger partial charge in [0.25, 0.3) is 0 Å². The van der Waals surface area contributed by atoms with Crippen molar-refractivity contribution in [2.75, 3.05) is 33.5 Å². The average molecular weight is 1370 g/mol. The van der Waals surface area contributed by atoms with Crippen molar-refractivity contribution < 1.29 is 86.2 Å². The van der Waals surface area contributed by atoms with Gasteiger partial charge < -0.3 is 63.8 Å². The number of methoxy groups -OCH3 is 1. The molecule has 2 amide bonds. The number of rotatable bonds is 63. The van der Waals surface area contributed by atoms with Crippen LogP contribution in [0.4, 0.5) is 0 Å². The molecule has 12 atom stereocenters. The molecule has 2 saturated heterocycles. The first-order valence-electron chi connectivity index (χ1n) is 38.1. The molecule has 12 unspecified atom stereocenters. The highest BCUT2D eigenvalue weighted by Crippen LogP contribution is 2.42. The van der Waals surface area contributed by atoms with Crippen molar-refractivity contribution >= 4 is 37.2 Å². The van der Waals surface area contributed by atoms with Gasteiger partial charge in [0, 0.05) is 45.3 Å². The number of phosphoric ester groups is 1. The van der Waals surface area contributed by atoms with Crippen LogP contribution < -0.4 is 10.6 Å². The third-order valence-corrected chi connectivity index (χ3v) is 18.9. The number of carbonyl (C=O) groups is 5. The van der Waals surface area contributed by atoms with Crippen LogP contribution in [0.2, 0.25) is 0 Å². The maximum absolute atomic E-state index is 14.2. The fourth-order valence-electron chi connectivity index (χ4n) is 12.6. The summed E-state index contributed by atoms with van der Waals surface area (Å²) in [6.45, 7) is 12.2. The molecule has 95 heavy (non-hydrogen) atoms. The van der Waals surface area contributed by atoms with Crippen LogP contribution in [0, 0.1) is 5.92 Å².